The zero-order valence-electron chi connectivity index (χ0n) is 5.38. The van der Waals surface area contributed by atoms with Crippen molar-refractivity contribution in [1.29, 1.82) is 0 Å². The number of allylic oxidation sites excluding steroid dienone is 4. The lowest BCUT2D eigenvalue weighted by molar-refractivity contribution is 0.703. The van der Waals surface area contributed by atoms with Crippen LogP contribution in [0.15, 0.2) is 24.3 Å². The molecule has 0 aromatic heterocycles. The number of hydrogen-bond donors (Lipinski definition) is 1. The van der Waals surface area contributed by atoms with Crippen molar-refractivity contribution >= 4 is 0 Å². The second kappa shape index (κ2) is 1.99. The Morgan fingerprint density at radius 3 is 2.56 bits per heavy atom. The van der Waals surface area contributed by atoms with Crippen LogP contribution in [0.5, 0.6) is 0 Å². The first-order chi connectivity index (χ1) is 4.45. The summed E-state index contributed by atoms with van der Waals surface area (Å²) in [6.45, 7) is 1.23. The van der Waals surface area contributed by atoms with Crippen LogP contribution in [0.4, 0.5) is 0 Å². The van der Waals surface area contributed by atoms with Gasteiger partial charge in [-0.2, -0.15) is 0 Å². The molecule has 0 amide bonds. The molecule has 1 aliphatic carbocycles. The van der Waals surface area contributed by atoms with E-state index in [0.29, 0.717) is 0 Å². The molecule has 1 nitrogen and oxygen atoms in total. The monoisotopic (exact) mass is 121 g/mol. The Morgan fingerprint density at radius 2 is 2.00 bits per heavy atom. The Labute approximate surface area is 55.5 Å². The van der Waals surface area contributed by atoms with Gasteiger partial charge < -0.3 is 5.32 Å². The molecule has 0 radical (unpaired) electrons. The fourth-order valence-corrected chi connectivity index (χ4v) is 1.21. The lowest BCUT2D eigenvalue weighted by atomic mass is 10.1. The van der Waals surface area contributed by atoms with Crippen LogP contribution in [0.2, 0.25) is 0 Å². The highest BCUT2D eigenvalue weighted by Crippen LogP contribution is 2.18. The van der Waals surface area contributed by atoms with Crippen molar-refractivity contribution in [2.24, 2.45) is 5.92 Å². The molecule has 0 saturated carbocycles. The minimum Gasteiger partial charge on any atom is -0.311 e. The summed E-state index contributed by atoms with van der Waals surface area (Å²) in [7, 11) is 0. The standard InChI is InChI=1S/C8H11N/c1-2-4-7(3-1)5-8-6-9-8/h1-4,7-9H,5-6H2. The molecule has 2 rings (SSSR count). The summed E-state index contributed by atoms with van der Waals surface area (Å²) in [5.41, 5.74) is 0. The molecule has 0 aromatic carbocycles. The molecule has 0 bridgehead atoms. The first-order valence-corrected chi connectivity index (χ1v) is 3.53. The molecule has 1 unspecified atom stereocenters. The zero-order valence-corrected chi connectivity index (χ0v) is 5.38. The van der Waals surface area contributed by atoms with Crippen molar-refractivity contribution in [2.45, 2.75) is 12.5 Å². The second-order valence-corrected chi connectivity index (χ2v) is 2.77. The van der Waals surface area contributed by atoms with E-state index in [2.05, 4.69) is 29.6 Å². The molecule has 1 heteroatoms. The summed E-state index contributed by atoms with van der Waals surface area (Å²) >= 11 is 0. The summed E-state index contributed by atoms with van der Waals surface area (Å²) in [5, 5.41) is 3.29. The summed E-state index contributed by atoms with van der Waals surface area (Å²) in [6.07, 6.45) is 10.1. The molecule has 1 aliphatic heterocycles. The van der Waals surface area contributed by atoms with Gasteiger partial charge in [-0.25, -0.2) is 0 Å². The largest absolute Gasteiger partial charge is 0.311 e. The van der Waals surface area contributed by atoms with E-state index in [1.807, 2.05) is 0 Å². The molecule has 2 aliphatic rings. The van der Waals surface area contributed by atoms with Crippen molar-refractivity contribution in [2.75, 3.05) is 6.54 Å². The van der Waals surface area contributed by atoms with Gasteiger partial charge in [0.2, 0.25) is 0 Å². The second-order valence-electron chi connectivity index (χ2n) is 2.77. The number of rotatable bonds is 2. The van der Waals surface area contributed by atoms with Gasteiger partial charge in [0.25, 0.3) is 0 Å². The fraction of sp³-hybridized carbons (Fsp3) is 0.500. The van der Waals surface area contributed by atoms with E-state index in [4.69, 9.17) is 0 Å². The highest BCUT2D eigenvalue weighted by Gasteiger charge is 2.22. The Kier molecular flexibility index (Phi) is 1.16. The third-order valence-electron chi connectivity index (χ3n) is 1.88. The normalized spacial score (nSPS) is 31.8. The van der Waals surface area contributed by atoms with E-state index in [1.54, 1.807) is 0 Å². The zero-order chi connectivity index (χ0) is 6.10. The average molecular weight is 121 g/mol. The summed E-state index contributed by atoms with van der Waals surface area (Å²) in [6, 6.07) is 0.822. The SMILES string of the molecule is C1=CC(CC2CN2)C=C1. The van der Waals surface area contributed by atoms with E-state index in [-0.39, 0.29) is 0 Å². The van der Waals surface area contributed by atoms with Crippen LogP contribution in [0, 0.1) is 5.92 Å². The van der Waals surface area contributed by atoms with E-state index in [0.717, 1.165) is 12.0 Å². The molecular weight excluding hydrogens is 110 g/mol. The van der Waals surface area contributed by atoms with E-state index in [9.17, 15) is 0 Å². The molecule has 0 aromatic rings. The van der Waals surface area contributed by atoms with Crippen LogP contribution in [0.3, 0.4) is 0 Å². The molecule has 1 atom stereocenters. The molecule has 1 fully saturated rings. The van der Waals surface area contributed by atoms with E-state index < -0.39 is 0 Å². The van der Waals surface area contributed by atoms with Crippen LogP contribution in [-0.4, -0.2) is 12.6 Å². The first-order valence-electron chi connectivity index (χ1n) is 3.53. The van der Waals surface area contributed by atoms with Crippen molar-refractivity contribution in [3.63, 3.8) is 0 Å². The van der Waals surface area contributed by atoms with Gasteiger partial charge in [-0.3, -0.25) is 0 Å². The third kappa shape index (κ3) is 1.22. The molecule has 1 heterocycles. The van der Waals surface area contributed by atoms with Gasteiger partial charge in [0.1, 0.15) is 0 Å². The topological polar surface area (TPSA) is 21.9 Å². The lowest BCUT2D eigenvalue weighted by Crippen LogP contribution is -1.97. The van der Waals surface area contributed by atoms with Crippen LogP contribution in [0.1, 0.15) is 6.42 Å². The molecule has 1 saturated heterocycles. The van der Waals surface area contributed by atoms with Gasteiger partial charge >= 0.3 is 0 Å². The maximum absolute atomic E-state index is 3.29. The van der Waals surface area contributed by atoms with E-state index >= 15 is 0 Å². The third-order valence-corrected chi connectivity index (χ3v) is 1.88. The van der Waals surface area contributed by atoms with Gasteiger partial charge in [0.15, 0.2) is 0 Å². The number of nitrogens with one attached hydrogen (secondary N) is 1. The van der Waals surface area contributed by atoms with Crippen molar-refractivity contribution in [1.82, 2.24) is 5.32 Å². The van der Waals surface area contributed by atoms with Crippen LogP contribution in [-0.2, 0) is 0 Å². The smallest absolute Gasteiger partial charge is 0.0201 e. The van der Waals surface area contributed by atoms with Crippen molar-refractivity contribution in [3.8, 4) is 0 Å². The van der Waals surface area contributed by atoms with Gasteiger partial charge in [-0.1, -0.05) is 24.3 Å². The quantitative estimate of drug-likeness (QED) is 0.543. The summed E-state index contributed by atoms with van der Waals surface area (Å²) < 4.78 is 0. The van der Waals surface area contributed by atoms with Crippen LogP contribution < -0.4 is 5.32 Å². The summed E-state index contributed by atoms with van der Waals surface area (Å²) in [4.78, 5) is 0. The molecule has 0 spiro atoms. The minimum atomic E-state index is 0.727. The maximum Gasteiger partial charge on any atom is 0.0201 e. The minimum absolute atomic E-state index is 0.727. The lowest BCUT2D eigenvalue weighted by Gasteiger charge is -1.99. The molecular formula is C8H11N. The first kappa shape index (κ1) is 5.24. The Bertz CT molecular complexity index is 142. The number of hydrogen-bond acceptors (Lipinski definition) is 1. The van der Waals surface area contributed by atoms with E-state index in [1.165, 1.54) is 13.0 Å². The van der Waals surface area contributed by atoms with Gasteiger partial charge in [0, 0.05) is 12.6 Å². The van der Waals surface area contributed by atoms with Gasteiger partial charge in [0.05, 0.1) is 0 Å². The molecule has 1 N–H and O–H groups in total. The molecule has 9 heavy (non-hydrogen) atoms. The highest BCUT2D eigenvalue weighted by atomic mass is 15.1. The molecule has 48 valence electrons. The van der Waals surface area contributed by atoms with Crippen LogP contribution >= 0.6 is 0 Å². The predicted molar refractivity (Wildman–Crippen MR) is 38.2 cm³/mol. The van der Waals surface area contributed by atoms with Crippen molar-refractivity contribution in [3.05, 3.63) is 24.3 Å². The van der Waals surface area contributed by atoms with Crippen LogP contribution in [0.25, 0.3) is 0 Å². The average Bonchev–Trinajstić information content (AvgIpc) is 2.46. The van der Waals surface area contributed by atoms with Gasteiger partial charge in [-0.05, 0) is 12.3 Å². The van der Waals surface area contributed by atoms with Crippen molar-refractivity contribution < 1.29 is 0 Å². The Balaban J connectivity index is 1.84. The summed E-state index contributed by atoms with van der Waals surface area (Å²) in [5.74, 6) is 0.727. The predicted octanol–water partition coefficient (Wildman–Crippen LogP) is 1.09. The Hall–Kier alpha value is -0.560. The highest BCUT2D eigenvalue weighted by molar-refractivity contribution is 5.18. The fourth-order valence-electron chi connectivity index (χ4n) is 1.21. The van der Waals surface area contributed by atoms with Gasteiger partial charge in [-0.15, -0.1) is 0 Å². The maximum atomic E-state index is 3.29. The Morgan fingerprint density at radius 1 is 1.33 bits per heavy atom.